The molecule has 2 atom stereocenters. The van der Waals surface area contributed by atoms with Crippen molar-refractivity contribution in [2.75, 3.05) is 0 Å². The zero-order valence-electron chi connectivity index (χ0n) is 13.7. The van der Waals surface area contributed by atoms with Gasteiger partial charge in [0.1, 0.15) is 5.82 Å². The van der Waals surface area contributed by atoms with Gasteiger partial charge in [0.25, 0.3) is 5.91 Å². The normalized spacial score (nSPS) is 13.6. The first kappa shape index (κ1) is 16.0. The van der Waals surface area contributed by atoms with E-state index >= 15 is 0 Å². The summed E-state index contributed by atoms with van der Waals surface area (Å²) in [6.07, 6.45) is 2.32. The number of hydrogen-bond acceptors (Lipinski definition) is 3. The van der Waals surface area contributed by atoms with Crippen LogP contribution in [-0.2, 0) is 0 Å². The van der Waals surface area contributed by atoms with Gasteiger partial charge in [-0.3, -0.25) is 9.59 Å². The molecular weight excluding hydrogens is 304 g/mol. The lowest BCUT2D eigenvalue weighted by atomic mass is 9.98. The first-order valence-corrected chi connectivity index (χ1v) is 8.02. The highest BCUT2D eigenvalue weighted by Crippen LogP contribution is 2.24. The fourth-order valence-electron chi connectivity index (χ4n) is 2.61. The maximum absolute atomic E-state index is 12.5. The molecule has 6 heteroatoms. The van der Waals surface area contributed by atoms with Crippen molar-refractivity contribution in [1.29, 1.82) is 0 Å². The number of fused-ring (bicyclic) bond motifs is 1. The molecule has 6 nitrogen and oxygen atoms in total. The second-order valence-corrected chi connectivity index (χ2v) is 5.92. The Kier molecular flexibility index (Phi) is 4.46. The van der Waals surface area contributed by atoms with E-state index in [-0.39, 0.29) is 23.4 Å². The van der Waals surface area contributed by atoms with Crippen LogP contribution in [0.2, 0.25) is 0 Å². The van der Waals surface area contributed by atoms with Gasteiger partial charge in [-0.15, -0.1) is 0 Å². The van der Waals surface area contributed by atoms with Gasteiger partial charge in [-0.1, -0.05) is 32.4 Å². The molecule has 2 heterocycles. The van der Waals surface area contributed by atoms with Gasteiger partial charge < -0.3 is 15.3 Å². The Labute approximate surface area is 139 Å². The van der Waals surface area contributed by atoms with Crippen LogP contribution in [0.3, 0.4) is 0 Å². The predicted octanol–water partition coefficient (Wildman–Crippen LogP) is 2.77. The Morgan fingerprint density at radius 3 is 2.71 bits per heavy atom. The predicted molar refractivity (Wildman–Crippen MR) is 92.8 cm³/mol. The van der Waals surface area contributed by atoms with E-state index in [1.165, 1.54) is 18.3 Å². The van der Waals surface area contributed by atoms with Crippen LogP contribution in [-0.4, -0.2) is 20.9 Å². The topological polar surface area (TPSA) is 90.6 Å². The molecule has 0 radical (unpaired) electrons. The van der Waals surface area contributed by atoms with Crippen molar-refractivity contribution in [1.82, 2.24) is 20.3 Å². The van der Waals surface area contributed by atoms with Crippen LogP contribution in [0, 0.1) is 5.92 Å². The van der Waals surface area contributed by atoms with E-state index in [9.17, 15) is 9.59 Å². The van der Waals surface area contributed by atoms with Gasteiger partial charge in [0.15, 0.2) is 0 Å². The fraction of sp³-hybridized carbons (Fsp3) is 0.278. The molecule has 0 bridgehead atoms. The van der Waals surface area contributed by atoms with E-state index in [1.54, 1.807) is 0 Å². The van der Waals surface area contributed by atoms with Crippen LogP contribution in [0.1, 0.15) is 42.5 Å². The molecule has 0 fully saturated rings. The maximum atomic E-state index is 12.5. The third-order valence-corrected chi connectivity index (χ3v) is 4.25. The van der Waals surface area contributed by atoms with Crippen molar-refractivity contribution in [3.8, 4) is 0 Å². The number of nitrogens with zero attached hydrogens (tertiary/aromatic N) is 1. The zero-order valence-corrected chi connectivity index (χ0v) is 13.7. The van der Waals surface area contributed by atoms with Crippen LogP contribution in [0.25, 0.3) is 11.0 Å². The number of amides is 1. The van der Waals surface area contributed by atoms with Gasteiger partial charge in [-0.2, -0.15) is 0 Å². The lowest BCUT2D eigenvalue weighted by molar-refractivity contribution is 0.0920. The van der Waals surface area contributed by atoms with Crippen LogP contribution in [0.5, 0.6) is 0 Å². The number of carbonyl (C=O) groups excluding carboxylic acids is 1. The van der Waals surface area contributed by atoms with Gasteiger partial charge in [0, 0.05) is 12.3 Å². The molecule has 3 aromatic rings. The van der Waals surface area contributed by atoms with Gasteiger partial charge in [0.2, 0.25) is 5.56 Å². The molecular formula is C18H20N4O2. The van der Waals surface area contributed by atoms with Crippen molar-refractivity contribution in [2.45, 2.75) is 26.3 Å². The van der Waals surface area contributed by atoms with E-state index in [0.29, 0.717) is 5.56 Å². The van der Waals surface area contributed by atoms with Gasteiger partial charge in [-0.05, 0) is 24.1 Å². The van der Waals surface area contributed by atoms with Crippen molar-refractivity contribution < 1.29 is 4.79 Å². The van der Waals surface area contributed by atoms with Gasteiger partial charge in [-0.25, -0.2) is 4.98 Å². The summed E-state index contributed by atoms with van der Waals surface area (Å²) in [7, 11) is 0. The second kappa shape index (κ2) is 6.70. The summed E-state index contributed by atoms with van der Waals surface area (Å²) in [4.78, 5) is 34.1. The van der Waals surface area contributed by atoms with E-state index in [0.717, 1.165) is 23.3 Å². The van der Waals surface area contributed by atoms with E-state index in [4.69, 9.17) is 0 Å². The average molecular weight is 324 g/mol. The molecule has 2 aromatic heterocycles. The Hall–Kier alpha value is -2.89. The first-order chi connectivity index (χ1) is 11.6. The van der Waals surface area contributed by atoms with Gasteiger partial charge >= 0.3 is 0 Å². The summed E-state index contributed by atoms with van der Waals surface area (Å²) in [5, 5.41) is 3.03. The molecule has 0 saturated heterocycles. The van der Waals surface area contributed by atoms with E-state index < -0.39 is 0 Å². The molecule has 1 amide bonds. The minimum absolute atomic E-state index is 0.206. The quantitative estimate of drug-likeness (QED) is 0.674. The Morgan fingerprint density at radius 2 is 2.04 bits per heavy atom. The summed E-state index contributed by atoms with van der Waals surface area (Å²) in [6.45, 7) is 4.15. The molecule has 0 aliphatic carbocycles. The number of carbonyl (C=O) groups is 1. The summed E-state index contributed by atoms with van der Waals surface area (Å²) >= 11 is 0. The van der Waals surface area contributed by atoms with Crippen molar-refractivity contribution >= 4 is 16.9 Å². The van der Waals surface area contributed by atoms with E-state index in [1.807, 2.05) is 24.3 Å². The second-order valence-electron chi connectivity index (χ2n) is 5.92. The number of benzene rings is 1. The number of imidazole rings is 1. The molecule has 3 N–H and O–H groups in total. The highest BCUT2D eigenvalue weighted by molar-refractivity contribution is 5.94. The molecule has 1 aromatic carbocycles. The number of H-pyrrole nitrogens is 2. The number of para-hydroxylation sites is 2. The third-order valence-electron chi connectivity index (χ3n) is 4.25. The number of aromatic nitrogens is 3. The first-order valence-electron chi connectivity index (χ1n) is 8.02. The molecule has 0 saturated carbocycles. The Balaban J connectivity index is 1.90. The van der Waals surface area contributed by atoms with Crippen LogP contribution in [0.15, 0.2) is 47.4 Å². The van der Waals surface area contributed by atoms with E-state index in [2.05, 4.69) is 34.1 Å². The minimum Gasteiger partial charge on any atom is -0.342 e. The number of pyridine rings is 1. The van der Waals surface area contributed by atoms with Crippen molar-refractivity contribution in [2.24, 2.45) is 5.92 Å². The maximum Gasteiger partial charge on any atom is 0.253 e. The zero-order chi connectivity index (χ0) is 17.1. The van der Waals surface area contributed by atoms with Crippen LogP contribution >= 0.6 is 0 Å². The molecule has 24 heavy (non-hydrogen) atoms. The highest BCUT2D eigenvalue weighted by atomic mass is 16.2. The standard InChI is InChI=1S/C18H20N4O2/c1-3-11(2)16(17-20-13-6-4-5-7-14(13)21-17)22-18(24)12-8-9-15(23)19-10-12/h4-11,16H,3H2,1-2H3,(H,19,23)(H,20,21)(H,22,24)/t11-,16-/m1/s1. The Bertz CT molecular complexity index is 859. The Morgan fingerprint density at radius 1 is 1.25 bits per heavy atom. The SMILES string of the molecule is CC[C@@H](C)[C@@H](NC(=O)c1ccc(=O)[nH]c1)c1nc2ccccc2[nH]1. The minimum atomic E-state index is -0.239. The number of nitrogens with one attached hydrogen (secondary N) is 3. The van der Waals surface area contributed by atoms with Gasteiger partial charge in [0.05, 0.1) is 22.6 Å². The molecule has 0 spiro atoms. The summed E-state index contributed by atoms with van der Waals surface area (Å²) in [6, 6.07) is 10.4. The van der Waals surface area contributed by atoms with Crippen LogP contribution < -0.4 is 10.9 Å². The van der Waals surface area contributed by atoms with Crippen molar-refractivity contribution in [3.63, 3.8) is 0 Å². The van der Waals surface area contributed by atoms with Crippen molar-refractivity contribution in [3.05, 3.63) is 64.3 Å². The van der Waals surface area contributed by atoms with Crippen LogP contribution in [0.4, 0.5) is 0 Å². The summed E-state index contributed by atoms with van der Waals surface area (Å²) in [5.41, 5.74) is 2.00. The number of rotatable bonds is 5. The third kappa shape index (κ3) is 3.22. The molecule has 3 rings (SSSR count). The number of aromatic amines is 2. The molecule has 0 aliphatic rings. The number of hydrogen-bond donors (Lipinski definition) is 3. The molecule has 0 aliphatic heterocycles. The molecule has 0 unspecified atom stereocenters. The monoisotopic (exact) mass is 324 g/mol. The lowest BCUT2D eigenvalue weighted by Crippen LogP contribution is -2.33. The lowest BCUT2D eigenvalue weighted by Gasteiger charge is -2.22. The average Bonchev–Trinajstić information content (AvgIpc) is 3.03. The summed E-state index contributed by atoms with van der Waals surface area (Å²) < 4.78 is 0. The molecule has 124 valence electrons. The largest absolute Gasteiger partial charge is 0.342 e. The highest BCUT2D eigenvalue weighted by Gasteiger charge is 2.24. The fourth-order valence-corrected chi connectivity index (χ4v) is 2.61. The smallest absolute Gasteiger partial charge is 0.253 e. The summed E-state index contributed by atoms with van der Waals surface area (Å²) in [5.74, 6) is 0.706.